The highest BCUT2D eigenvalue weighted by molar-refractivity contribution is 6.30. The van der Waals surface area contributed by atoms with E-state index in [4.69, 9.17) is 11.6 Å². The summed E-state index contributed by atoms with van der Waals surface area (Å²) in [5.74, 6) is -0.544. The molecule has 0 amide bonds. The number of aromatic amines is 1. The normalized spacial score (nSPS) is 10.4. The van der Waals surface area contributed by atoms with Gasteiger partial charge < -0.3 is 4.98 Å². The Morgan fingerprint density at radius 1 is 1.43 bits per heavy atom. The van der Waals surface area contributed by atoms with Crippen molar-refractivity contribution >= 4 is 11.6 Å². The number of halogens is 2. The molecule has 3 nitrogen and oxygen atoms in total. The van der Waals surface area contributed by atoms with E-state index in [-0.39, 0.29) is 10.7 Å². The Labute approximate surface area is 83.8 Å². The first kappa shape index (κ1) is 9.02. The molecule has 0 atom stereocenters. The molecule has 14 heavy (non-hydrogen) atoms. The highest BCUT2D eigenvalue weighted by Crippen LogP contribution is 2.16. The fourth-order valence-electron chi connectivity index (χ4n) is 1.16. The molecule has 0 radical (unpaired) electrons. The second kappa shape index (κ2) is 3.31. The van der Waals surface area contributed by atoms with Crippen molar-refractivity contribution in [2.24, 2.45) is 0 Å². The number of nitrogens with zero attached hydrogens (tertiary/aromatic N) is 1. The summed E-state index contributed by atoms with van der Waals surface area (Å²) >= 11 is 5.51. The summed E-state index contributed by atoms with van der Waals surface area (Å²) in [5.41, 5.74) is 0.130. The predicted molar refractivity (Wildman–Crippen MR) is 51.4 cm³/mol. The van der Waals surface area contributed by atoms with Gasteiger partial charge >= 0.3 is 5.69 Å². The SMILES string of the molecule is O=c1[nH]ccn1-c1ccc(Cl)c(F)c1. The number of hydrogen-bond donors (Lipinski definition) is 1. The molecule has 0 unspecified atom stereocenters. The van der Waals surface area contributed by atoms with E-state index in [1.165, 1.54) is 29.1 Å². The van der Waals surface area contributed by atoms with Gasteiger partial charge in [-0.25, -0.2) is 9.18 Å². The largest absolute Gasteiger partial charge is 0.330 e. The Balaban J connectivity index is 2.59. The van der Waals surface area contributed by atoms with Crippen LogP contribution in [0.2, 0.25) is 5.02 Å². The number of nitrogens with one attached hydrogen (secondary N) is 1. The van der Waals surface area contributed by atoms with Crippen LogP contribution in [-0.2, 0) is 0 Å². The number of benzene rings is 1. The molecule has 0 saturated carbocycles. The maximum atomic E-state index is 13.0. The molecule has 0 aliphatic rings. The third-order valence-corrected chi connectivity index (χ3v) is 2.14. The van der Waals surface area contributed by atoms with E-state index in [0.29, 0.717) is 5.69 Å². The van der Waals surface area contributed by atoms with Crippen LogP contribution in [0.15, 0.2) is 35.4 Å². The van der Waals surface area contributed by atoms with Crippen molar-refractivity contribution < 1.29 is 4.39 Å². The van der Waals surface area contributed by atoms with Gasteiger partial charge in [0.2, 0.25) is 0 Å². The zero-order valence-corrected chi connectivity index (χ0v) is 7.75. The molecule has 1 aromatic carbocycles. The van der Waals surface area contributed by atoms with Crippen molar-refractivity contribution in [2.75, 3.05) is 0 Å². The average Bonchev–Trinajstić information content (AvgIpc) is 2.57. The summed E-state index contributed by atoms with van der Waals surface area (Å²) in [7, 11) is 0. The predicted octanol–water partition coefficient (Wildman–Crippen LogP) is 1.96. The number of rotatable bonds is 1. The van der Waals surface area contributed by atoms with Gasteiger partial charge in [-0.05, 0) is 18.2 Å². The molecule has 1 heterocycles. The Morgan fingerprint density at radius 3 is 2.79 bits per heavy atom. The minimum atomic E-state index is -0.544. The number of hydrogen-bond acceptors (Lipinski definition) is 1. The highest BCUT2D eigenvalue weighted by atomic mass is 35.5. The molecule has 2 aromatic rings. The molecule has 2 rings (SSSR count). The Morgan fingerprint density at radius 2 is 2.21 bits per heavy atom. The summed E-state index contributed by atoms with van der Waals surface area (Å²) in [6.45, 7) is 0. The molecule has 0 spiro atoms. The molecule has 0 aliphatic heterocycles. The standard InChI is InChI=1S/C9H6ClFN2O/c10-7-2-1-6(5-8(7)11)13-4-3-12-9(13)14/h1-5H,(H,12,14). The number of imidazole rings is 1. The first-order chi connectivity index (χ1) is 6.68. The van der Waals surface area contributed by atoms with Crippen molar-refractivity contribution in [3.05, 3.63) is 51.9 Å². The Kier molecular flexibility index (Phi) is 2.13. The van der Waals surface area contributed by atoms with Crippen LogP contribution in [0, 0.1) is 5.82 Å². The van der Waals surface area contributed by atoms with E-state index in [0.717, 1.165) is 0 Å². The van der Waals surface area contributed by atoms with Crippen LogP contribution in [-0.4, -0.2) is 9.55 Å². The van der Waals surface area contributed by atoms with E-state index >= 15 is 0 Å². The second-order valence-corrected chi connectivity index (χ2v) is 3.14. The summed E-state index contributed by atoms with van der Waals surface area (Å²) in [5, 5.41) is 0.0392. The van der Waals surface area contributed by atoms with Crippen molar-refractivity contribution in [3.63, 3.8) is 0 Å². The molecule has 0 fully saturated rings. The molecular formula is C9H6ClFN2O. The molecule has 1 N–H and O–H groups in total. The van der Waals surface area contributed by atoms with Crippen LogP contribution in [0.5, 0.6) is 0 Å². The topological polar surface area (TPSA) is 37.8 Å². The lowest BCUT2D eigenvalue weighted by molar-refractivity contribution is 0.627. The summed E-state index contributed by atoms with van der Waals surface area (Å²) in [6, 6.07) is 4.18. The van der Waals surface area contributed by atoms with Crippen molar-refractivity contribution in [2.45, 2.75) is 0 Å². The van der Waals surface area contributed by atoms with Crippen LogP contribution in [0.3, 0.4) is 0 Å². The van der Waals surface area contributed by atoms with Gasteiger partial charge in [0.25, 0.3) is 0 Å². The van der Waals surface area contributed by atoms with E-state index in [2.05, 4.69) is 4.98 Å². The van der Waals surface area contributed by atoms with Gasteiger partial charge in [-0.1, -0.05) is 11.6 Å². The first-order valence-corrected chi connectivity index (χ1v) is 4.28. The minimum absolute atomic E-state index is 0.0392. The zero-order chi connectivity index (χ0) is 10.1. The lowest BCUT2D eigenvalue weighted by atomic mass is 10.3. The zero-order valence-electron chi connectivity index (χ0n) is 7.00. The van der Waals surface area contributed by atoms with Gasteiger partial charge in [0, 0.05) is 12.4 Å². The molecule has 72 valence electrons. The van der Waals surface area contributed by atoms with Gasteiger partial charge in [-0.3, -0.25) is 4.57 Å². The summed E-state index contributed by atoms with van der Waals surface area (Å²) in [4.78, 5) is 13.6. The van der Waals surface area contributed by atoms with Crippen molar-refractivity contribution in [1.82, 2.24) is 9.55 Å². The van der Waals surface area contributed by atoms with Crippen molar-refractivity contribution in [1.29, 1.82) is 0 Å². The lowest BCUT2D eigenvalue weighted by Gasteiger charge is -2.01. The van der Waals surface area contributed by atoms with Gasteiger partial charge in [0.05, 0.1) is 10.7 Å². The maximum absolute atomic E-state index is 13.0. The third-order valence-electron chi connectivity index (χ3n) is 1.83. The Bertz CT molecular complexity index is 518. The second-order valence-electron chi connectivity index (χ2n) is 2.73. The molecule has 0 bridgehead atoms. The van der Waals surface area contributed by atoms with Gasteiger partial charge in [0.1, 0.15) is 5.82 Å². The van der Waals surface area contributed by atoms with Crippen LogP contribution < -0.4 is 5.69 Å². The number of H-pyrrole nitrogens is 1. The van der Waals surface area contributed by atoms with Crippen LogP contribution in [0.4, 0.5) is 4.39 Å². The Hall–Kier alpha value is -1.55. The van der Waals surface area contributed by atoms with Crippen LogP contribution in [0.25, 0.3) is 5.69 Å². The number of aromatic nitrogens is 2. The quantitative estimate of drug-likeness (QED) is 0.771. The maximum Gasteiger partial charge on any atom is 0.330 e. The molecular weight excluding hydrogens is 207 g/mol. The van der Waals surface area contributed by atoms with E-state index in [1.54, 1.807) is 6.07 Å². The fraction of sp³-hybridized carbons (Fsp3) is 0. The van der Waals surface area contributed by atoms with E-state index < -0.39 is 5.82 Å². The molecule has 0 aliphatic carbocycles. The highest BCUT2D eigenvalue weighted by Gasteiger charge is 2.03. The molecule has 0 saturated heterocycles. The molecule has 5 heteroatoms. The van der Waals surface area contributed by atoms with Crippen LogP contribution >= 0.6 is 11.6 Å². The lowest BCUT2D eigenvalue weighted by Crippen LogP contribution is -2.13. The fourth-order valence-corrected chi connectivity index (χ4v) is 1.28. The van der Waals surface area contributed by atoms with Crippen molar-refractivity contribution in [3.8, 4) is 5.69 Å². The minimum Gasteiger partial charge on any atom is -0.312 e. The van der Waals surface area contributed by atoms with Gasteiger partial charge in [0.15, 0.2) is 0 Å². The van der Waals surface area contributed by atoms with Gasteiger partial charge in [-0.15, -0.1) is 0 Å². The molecule has 1 aromatic heterocycles. The summed E-state index contributed by atoms with van der Waals surface area (Å²) in [6.07, 6.45) is 3.00. The monoisotopic (exact) mass is 212 g/mol. The van der Waals surface area contributed by atoms with Crippen LogP contribution in [0.1, 0.15) is 0 Å². The summed E-state index contributed by atoms with van der Waals surface area (Å²) < 4.78 is 14.3. The van der Waals surface area contributed by atoms with E-state index in [1.807, 2.05) is 0 Å². The smallest absolute Gasteiger partial charge is 0.312 e. The first-order valence-electron chi connectivity index (χ1n) is 3.90. The average molecular weight is 213 g/mol. The van der Waals surface area contributed by atoms with Gasteiger partial charge in [-0.2, -0.15) is 0 Å². The van der Waals surface area contributed by atoms with E-state index in [9.17, 15) is 9.18 Å². The third kappa shape index (κ3) is 1.44.